The maximum Gasteiger partial charge on any atom is 0.167 e. The number of fused-ring (bicyclic) bond motifs is 1. The molecule has 1 aliphatic carbocycles. The number of nitrogens with one attached hydrogen (secondary N) is 2. The van der Waals surface area contributed by atoms with E-state index in [1.54, 1.807) is 12.4 Å². The molecule has 3 aromatic rings. The number of pyridine rings is 1. The molecule has 0 bridgehead atoms. The highest BCUT2D eigenvalue weighted by atomic mass is 79.9. The number of ketones is 1. The van der Waals surface area contributed by atoms with Gasteiger partial charge in [0.1, 0.15) is 0 Å². The molecule has 0 radical (unpaired) electrons. The number of anilines is 2. The molecular formula is C21H20BrN3O. The highest BCUT2D eigenvalue weighted by molar-refractivity contribution is 9.10. The van der Waals surface area contributed by atoms with E-state index in [0.29, 0.717) is 6.42 Å². The highest BCUT2D eigenvalue weighted by Crippen LogP contribution is 2.44. The average Bonchev–Trinajstić information content (AvgIpc) is 2.93. The Labute approximate surface area is 161 Å². The quantitative estimate of drug-likeness (QED) is 0.579. The Morgan fingerprint density at radius 2 is 1.92 bits per heavy atom. The Morgan fingerprint density at radius 3 is 2.65 bits per heavy atom. The van der Waals surface area contributed by atoms with Gasteiger partial charge in [0.05, 0.1) is 16.9 Å². The van der Waals surface area contributed by atoms with Gasteiger partial charge in [-0.1, -0.05) is 32.0 Å². The smallest absolute Gasteiger partial charge is 0.167 e. The van der Waals surface area contributed by atoms with Gasteiger partial charge in [0.15, 0.2) is 5.78 Å². The summed E-state index contributed by atoms with van der Waals surface area (Å²) in [7, 11) is 0. The van der Waals surface area contributed by atoms with Gasteiger partial charge in [0.25, 0.3) is 0 Å². The number of hydrogen-bond acceptors (Lipinski definition) is 3. The molecule has 2 aromatic heterocycles. The summed E-state index contributed by atoms with van der Waals surface area (Å²) in [4.78, 5) is 20.6. The number of para-hydroxylation sites is 1. The fourth-order valence-corrected chi connectivity index (χ4v) is 4.08. The second kappa shape index (κ2) is 6.40. The van der Waals surface area contributed by atoms with Crippen molar-refractivity contribution >= 4 is 33.1 Å². The van der Waals surface area contributed by atoms with E-state index in [0.717, 1.165) is 44.8 Å². The third-order valence-corrected chi connectivity index (χ3v) is 5.37. The van der Waals surface area contributed by atoms with Crippen LogP contribution in [-0.4, -0.2) is 15.8 Å². The van der Waals surface area contributed by atoms with Crippen LogP contribution in [0.2, 0.25) is 0 Å². The van der Waals surface area contributed by atoms with E-state index < -0.39 is 0 Å². The SMILES string of the molecule is CC1(C)CC(=O)c2c([nH]c(-c3ccncc3Br)c2Nc2ccccc2)C1. The summed E-state index contributed by atoms with van der Waals surface area (Å²) in [5.41, 5.74) is 5.45. The summed E-state index contributed by atoms with van der Waals surface area (Å²) in [5.74, 6) is 0.183. The zero-order valence-electron chi connectivity index (χ0n) is 14.8. The first-order valence-corrected chi connectivity index (χ1v) is 9.44. The lowest BCUT2D eigenvalue weighted by Crippen LogP contribution is -2.26. The first kappa shape index (κ1) is 17.0. The lowest BCUT2D eigenvalue weighted by molar-refractivity contribution is 0.0912. The van der Waals surface area contributed by atoms with E-state index in [1.807, 2.05) is 36.4 Å². The molecule has 0 atom stereocenters. The van der Waals surface area contributed by atoms with Crippen LogP contribution in [0.1, 0.15) is 36.3 Å². The van der Waals surface area contributed by atoms with Crippen LogP contribution >= 0.6 is 15.9 Å². The van der Waals surface area contributed by atoms with Gasteiger partial charge in [-0.2, -0.15) is 0 Å². The van der Waals surface area contributed by atoms with Crippen LogP contribution in [0.4, 0.5) is 11.4 Å². The molecule has 0 saturated heterocycles. The summed E-state index contributed by atoms with van der Waals surface area (Å²) in [6, 6.07) is 11.9. The van der Waals surface area contributed by atoms with Gasteiger partial charge in [0, 0.05) is 40.2 Å². The number of Topliss-reactive ketones (excluding diaryl/α,β-unsaturated/α-hetero) is 1. The topological polar surface area (TPSA) is 57.8 Å². The van der Waals surface area contributed by atoms with Gasteiger partial charge >= 0.3 is 0 Å². The third kappa shape index (κ3) is 3.07. The number of H-pyrrole nitrogens is 1. The van der Waals surface area contributed by atoms with E-state index in [-0.39, 0.29) is 11.2 Å². The number of nitrogens with zero attached hydrogens (tertiary/aromatic N) is 1. The number of carbonyl (C=O) groups excluding carboxylic acids is 1. The van der Waals surface area contributed by atoms with Crippen LogP contribution in [-0.2, 0) is 6.42 Å². The monoisotopic (exact) mass is 409 g/mol. The average molecular weight is 410 g/mol. The van der Waals surface area contributed by atoms with Crippen molar-refractivity contribution < 1.29 is 4.79 Å². The van der Waals surface area contributed by atoms with Crippen LogP contribution in [0, 0.1) is 5.41 Å². The minimum Gasteiger partial charge on any atom is -0.356 e. The molecule has 0 unspecified atom stereocenters. The second-order valence-corrected chi connectivity index (χ2v) is 8.37. The second-order valence-electron chi connectivity index (χ2n) is 7.52. The number of carbonyl (C=O) groups is 1. The van der Waals surface area contributed by atoms with Crippen LogP contribution < -0.4 is 5.32 Å². The van der Waals surface area contributed by atoms with Crippen molar-refractivity contribution in [3.05, 3.63) is 64.5 Å². The minimum atomic E-state index is -0.0360. The van der Waals surface area contributed by atoms with Crippen LogP contribution in [0.15, 0.2) is 53.3 Å². The first-order valence-electron chi connectivity index (χ1n) is 8.65. The van der Waals surface area contributed by atoms with Crippen molar-refractivity contribution in [3.8, 4) is 11.3 Å². The summed E-state index contributed by atoms with van der Waals surface area (Å²) < 4.78 is 0.890. The Morgan fingerprint density at radius 1 is 1.15 bits per heavy atom. The molecule has 0 aliphatic heterocycles. The highest BCUT2D eigenvalue weighted by Gasteiger charge is 2.36. The summed E-state index contributed by atoms with van der Waals surface area (Å²) in [6.45, 7) is 4.28. The maximum absolute atomic E-state index is 13.0. The molecule has 4 rings (SSSR count). The first-order chi connectivity index (χ1) is 12.4. The van der Waals surface area contributed by atoms with Crippen LogP contribution in [0.25, 0.3) is 11.3 Å². The Balaban J connectivity index is 1.91. The molecule has 2 heterocycles. The summed E-state index contributed by atoms with van der Waals surface area (Å²) in [6.07, 6.45) is 4.93. The van der Waals surface area contributed by atoms with Crippen LogP contribution in [0.5, 0.6) is 0 Å². The van der Waals surface area contributed by atoms with E-state index in [2.05, 4.69) is 45.1 Å². The number of halogens is 1. The molecule has 132 valence electrons. The molecule has 1 aliphatic rings. The van der Waals surface area contributed by atoms with Gasteiger partial charge in [-0.05, 0) is 46.0 Å². The van der Waals surface area contributed by atoms with Crippen molar-refractivity contribution in [2.45, 2.75) is 26.7 Å². The zero-order valence-corrected chi connectivity index (χ0v) is 16.4. The van der Waals surface area contributed by atoms with Crippen LogP contribution in [0.3, 0.4) is 0 Å². The third-order valence-electron chi connectivity index (χ3n) is 4.74. The normalized spacial score (nSPS) is 15.6. The molecule has 0 fully saturated rings. The largest absolute Gasteiger partial charge is 0.356 e. The number of aromatic amines is 1. The van der Waals surface area contributed by atoms with Gasteiger partial charge in [-0.25, -0.2) is 0 Å². The standard InChI is InChI=1S/C21H20BrN3O/c1-21(2)10-16-18(17(26)11-21)20(24-13-6-4-3-5-7-13)19(25-16)14-8-9-23-12-15(14)22/h3-9,12,24-25H,10-11H2,1-2H3. The molecule has 0 spiro atoms. The number of rotatable bonds is 3. The lowest BCUT2D eigenvalue weighted by atomic mass is 9.76. The molecular weight excluding hydrogens is 390 g/mol. The molecule has 2 N–H and O–H groups in total. The maximum atomic E-state index is 13.0. The number of aromatic nitrogens is 2. The van der Waals surface area contributed by atoms with Gasteiger partial charge in [0.2, 0.25) is 0 Å². The summed E-state index contributed by atoms with van der Waals surface area (Å²) >= 11 is 3.59. The predicted molar refractivity (Wildman–Crippen MR) is 108 cm³/mol. The van der Waals surface area contributed by atoms with Gasteiger partial charge < -0.3 is 10.3 Å². The molecule has 0 amide bonds. The Bertz CT molecular complexity index is 976. The predicted octanol–water partition coefficient (Wildman–Crippen LogP) is 5.74. The fraction of sp³-hybridized carbons (Fsp3) is 0.238. The van der Waals surface area contributed by atoms with Gasteiger partial charge in [-0.15, -0.1) is 0 Å². The fourth-order valence-electron chi connectivity index (χ4n) is 3.63. The Hall–Kier alpha value is -2.40. The van der Waals surface area contributed by atoms with Crippen molar-refractivity contribution in [2.24, 2.45) is 5.41 Å². The number of benzene rings is 1. The minimum absolute atomic E-state index is 0.0360. The van der Waals surface area contributed by atoms with Gasteiger partial charge in [-0.3, -0.25) is 9.78 Å². The van der Waals surface area contributed by atoms with Crippen molar-refractivity contribution in [1.29, 1.82) is 0 Å². The molecule has 26 heavy (non-hydrogen) atoms. The Kier molecular flexibility index (Phi) is 4.19. The van der Waals surface area contributed by atoms with E-state index in [1.165, 1.54) is 0 Å². The van der Waals surface area contributed by atoms with E-state index >= 15 is 0 Å². The summed E-state index contributed by atoms with van der Waals surface area (Å²) in [5, 5.41) is 3.47. The molecule has 0 saturated carbocycles. The van der Waals surface area contributed by atoms with Crippen molar-refractivity contribution in [3.63, 3.8) is 0 Å². The lowest BCUT2D eigenvalue weighted by Gasteiger charge is -2.28. The molecule has 4 nitrogen and oxygen atoms in total. The number of hydrogen-bond donors (Lipinski definition) is 2. The van der Waals surface area contributed by atoms with E-state index in [4.69, 9.17) is 0 Å². The zero-order chi connectivity index (χ0) is 18.3. The molecule has 5 heteroatoms. The van der Waals surface area contributed by atoms with Crippen molar-refractivity contribution in [2.75, 3.05) is 5.32 Å². The van der Waals surface area contributed by atoms with E-state index in [9.17, 15) is 4.79 Å². The van der Waals surface area contributed by atoms with Crippen molar-refractivity contribution in [1.82, 2.24) is 9.97 Å². The molecule has 1 aromatic carbocycles.